The second-order valence-corrected chi connectivity index (χ2v) is 7.70. The van der Waals surface area contributed by atoms with E-state index in [-0.39, 0.29) is 23.8 Å². The van der Waals surface area contributed by atoms with Crippen LogP contribution in [0.3, 0.4) is 0 Å². The molecule has 0 radical (unpaired) electrons. The molecule has 5 nitrogen and oxygen atoms in total. The van der Waals surface area contributed by atoms with Crippen molar-refractivity contribution in [3.8, 4) is 0 Å². The molecule has 30 heavy (non-hydrogen) atoms. The molecule has 160 valence electrons. The summed E-state index contributed by atoms with van der Waals surface area (Å²) in [6.45, 7) is 2.64. The lowest BCUT2D eigenvalue weighted by atomic mass is 9.97. The molecule has 0 atom stereocenters. The molecule has 1 aliphatic rings. The van der Waals surface area contributed by atoms with Crippen molar-refractivity contribution in [2.75, 3.05) is 19.7 Å². The number of rotatable bonds is 5. The molecule has 3 rings (SSSR count). The van der Waals surface area contributed by atoms with Gasteiger partial charge in [-0.3, -0.25) is 4.79 Å². The molecule has 2 aromatic rings. The van der Waals surface area contributed by atoms with E-state index in [4.69, 9.17) is 4.74 Å². The molecule has 2 heterocycles. The van der Waals surface area contributed by atoms with Crippen molar-refractivity contribution < 1.29 is 27.5 Å². The van der Waals surface area contributed by atoms with Gasteiger partial charge in [-0.2, -0.15) is 13.2 Å². The fraction of sp³-hybridized carbons (Fsp3) is 0.381. The average molecular weight is 438 g/mol. The summed E-state index contributed by atoms with van der Waals surface area (Å²) in [5.41, 5.74) is -0.729. The van der Waals surface area contributed by atoms with E-state index in [0.717, 1.165) is 5.01 Å². The lowest BCUT2D eigenvalue weighted by molar-refractivity contribution is -0.127. The van der Waals surface area contributed by atoms with E-state index >= 15 is 0 Å². The highest BCUT2D eigenvalue weighted by atomic mass is 32.1. The van der Waals surface area contributed by atoms with Crippen LogP contribution in [0.2, 0.25) is 0 Å². The number of esters is 1. The molecule has 0 saturated carbocycles. The molecule has 9 heteroatoms. The smallest absolute Gasteiger partial charge is 0.417 e. The first-order chi connectivity index (χ1) is 14.3. The third kappa shape index (κ3) is 5.27. The summed E-state index contributed by atoms with van der Waals surface area (Å²) in [4.78, 5) is 30.0. The van der Waals surface area contributed by atoms with Crippen molar-refractivity contribution in [1.82, 2.24) is 9.88 Å². The van der Waals surface area contributed by atoms with Gasteiger partial charge in [0.05, 0.1) is 17.2 Å². The molecule has 1 fully saturated rings. The number of alkyl halides is 3. The fourth-order valence-electron chi connectivity index (χ4n) is 3.28. The molecule has 0 unspecified atom stereocenters. The third-order valence-corrected chi connectivity index (χ3v) is 5.83. The van der Waals surface area contributed by atoms with E-state index in [0.29, 0.717) is 32.0 Å². The lowest BCUT2D eigenvalue weighted by Gasteiger charge is -2.30. The van der Waals surface area contributed by atoms with Crippen LogP contribution < -0.4 is 0 Å². The number of thiazole rings is 1. The SMILES string of the molecule is CCOC(=O)c1csc(C2CCN(C(=O)/C=C(/c3ccccc3)C(F)(F)F)CC2)n1. The molecule has 1 aromatic carbocycles. The van der Waals surface area contributed by atoms with Crippen LogP contribution in [0.1, 0.15) is 46.7 Å². The Labute approximate surface area is 176 Å². The van der Waals surface area contributed by atoms with Gasteiger partial charge in [0.25, 0.3) is 0 Å². The van der Waals surface area contributed by atoms with Gasteiger partial charge in [-0.1, -0.05) is 30.3 Å². The number of ether oxygens (including phenoxy) is 1. The number of carbonyl (C=O) groups is 2. The normalized spacial score (nSPS) is 15.9. The number of likely N-dealkylation sites (tertiary alicyclic amines) is 1. The summed E-state index contributed by atoms with van der Waals surface area (Å²) in [6.07, 6.45) is -2.80. The van der Waals surface area contributed by atoms with Gasteiger partial charge in [-0.25, -0.2) is 9.78 Å². The summed E-state index contributed by atoms with van der Waals surface area (Å²) >= 11 is 1.36. The molecule has 0 N–H and O–H groups in total. The van der Waals surface area contributed by atoms with Crippen molar-refractivity contribution in [1.29, 1.82) is 0 Å². The number of nitrogens with zero attached hydrogens (tertiary/aromatic N) is 2. The maximum absolute atomic E-state index is 13.5. The molecule has 1 aromatic heterocycles. The standard InChI is InChI=1S/C21H21F3N2O3S/c1-2-29-20(28)17-13-30-19(25-17)15-8-10-26(11-9-15)18(27)12-16(21(22,23)24)14-6-4-3-5-7-14/h3-7,12-13,15H,2,8-11H2,1H3/b16-12-. The molecule has 0 bridgehead atoms. The molecule has 1 saturated heterocycles. The Balaban J connectivity index is 1.66. The Morgan fingerprint density at radius 3 is 2.50 bits per heavy atom. The van der Waals surface area contributed by atoms with Crippen molar-refractivity contribution in [2.45, 2.75) is 31.9 Å². The van der Waals surface area contributed by atoms with Crippen LogP contribution in [0.4, 0.5) is 13.2 Å². The van der Waals surface area contributed by atoms with Gasteiger partial charge in [0.2, 0.25) is 5.91 Å². The Kier molecular flexibility index (Phi) is 6.91. The number of piperidine rings is 1. The van der Waals surface area contributed by atoms with Crippen LogP contribution in [0.25, 0.3) is 5.57 Å². The number of benzene rings is 1. The fourth-order valence-corrected chi connectivity index (χ4v) is 4.24. The van der Waals surface area contributed by atoms with Gasteiger partial charge in [-0.15, -0.1) is 11.3 Å². The van der Waals surface area contributed by atoms with Gasteiger partial charge in [0.15, 0.2) is 5.69 Å². The maximum Gasteiger partial charge on any atom is 0.417 e. The van der Waals surface area contributed by atoms with E-state index in [1.54, 1.807) is 18.4 Å². The Morgan fingerprint density at radius 2 is 1.90 bits per heavy atom. The molecular formula is C21H21F3N2O3S. The van der Waals surface area contributed by atoms with Crippen LogP contribution in [0, 0.1) is 0 Å². The van der Waals surface area contributed by atoms with E-state index < -0.39 is 23.6 Å². The van der Waals surface area contributed by atoms with Crippen LogP contribution in [0.5, 0.6) is 0 Å². The Hall–Kier alpha value is -2.68. The molecule has 0 spiro atoms. The highest BCUT2D eigenvalue weighted by Gasteiger charge is 2.36. The second-order valence-electron chi connectivity index (χ2n) is 6.81. The van der Waals surface area contributed by atoms with Gasteiger partial charge in [-0.05, 0) is 25.3 Å². The number of carbonyl (C=O) groups excluding carboxylic acids is 2. The largest absolute Gasteiger partial charge is 0.461 e. The molecular weight excluding hydrogens is 417 g/mol. The minimum Gasteiger partial charge on any atom is -0.461 e. The maximum atomic E-state index is 13.5. The predicted octanol–water partition coefficient (Wildman–Crippen LogP) is 4.67. The molecule has 1 amide bonds. The highest BCUT2D eigenvalue weighted by Crippen LogP contribution is 2.35. The minimum atomic E-state index is -4.63. The minimum absolute atomic E-state index is 0.0393. The van der Waals surface area contributed by atoms with Gasteiger partial charge < -0.3 is 9.64 Å². The number of amides is 1. The monoisotopic (exact) mass is 438 g/mol. The first-order valence-electron chi connectivity index (χ1n) is 9.55. The van der Waals surface area contributed by atoms with Crippen molar-refractivity contribution in [3.63, 3.8) is 0 Å². The first kappa shape index (κ1) is 22.0. The second kappa shape index (κ2) is 9.42. The number of halogens is 3. The molecule has 1 aliphatic heterocycles. The number of allylic oxidation sites excluding steroid dienone is 1. The zero-order valence-electron chi connectivity index (χ0n) is 16.3. The van der Waals surface area contributed by atoms with Gasteiger partial charge in [0.1, 0.15) is 0 Å². The van der Waals surface area contributed by atoms with Crippen LogP contribution in [-0.4, -0.2) is 47.6 Å². The van der Waals surface area contributed by atoms with E-state index in [9.17, 15) is 22.8 Å². The summed E-state index contributed by atoms with van der Waals surface area (Å²) in [7, 11) is 0. The zero-order chi connectivity index (χ0) is 21.7. The van der Waals surface area contributed by atoms with E-state index in [1.807, 2.05) is 0 Å². The highest BCUT2D eigenvalue weighted by molar-refractivity contribution is 7.09. The van der Waals surface area contributed by atoms with Crippen molar-refractivity contribution in [3.05, 3.63) is 58.1 Å². The average Bonchev–Trinajstić information content (AvgIpc) is 3.22. The first-order valence-corrected chi connectivity index (χ1v) is 10.4. The Morgan fingerprint density at radius 1 is 1.23 bits per heavy atom. The van der Waals surface area contributed by atoms with E-state index in [1.165, 1.54) is 40.5 Å². The third-order valence-electron chi connectivity index (χ3n) is 4.82. The van der Waals surface area contributed by atoms with Crippen LogP contribution >= 0.6 is 11.3 Å². The van der Waals surface area contributed by atoms with E-state index in [2.05, 4.69) is 4.98 Å². The van der Waals surface area contributed by atoms with Crippen LogP contribution in [-0.2, 0) is 9.53 Å². The topological polar surface area (TPSA) is 59.5 Å². The Bertz CT molecular complexity index is 917. The van der Waals surface area contributed by atoms with Gasteiger partial charge >= 0.3 is 12.1 Å². The summed E-state index contributed by atoms with van der Waals surface area (Å²) in [5.74, 6) is -1.07. The lowest BCUT2D eigenvalue weighted by Crippen LogP contribution is -2.37. The predicted molar refractivity (Wildman–Crippen MR) is 107 cm³/mol. The number of aromatic nitrogens is 1. The summed E-state index contributed by atoms with van der Waals surface area (Å²) in [5, 5.41) is 2.42. The van der Waals surface area contributed by atoms with Crippen molar-refractivity contribution in [2.24, 2.45) is 0 Å². The quantitative estimate of drug-likeness (QED) is 0.503. The molecule has 0 aliphatic carbocycles. The van der Waals surface area contributed by atoms with Crippen molar-refractivity contribution >= 4 is 28.8 Å². The summed E-state index contributed by atoms with van der Waals surface area (Å²) in [6, 6.07) is 7.30. The number of hydrogen-bond acceptors (Lipinski definition) is 5. The number of hydrogen-bond donors (Lipinski definition) is 0. The zero-order valence-corrected chi connectivity index (χ0v) is 17.1. The van der Waals surface area contributed by atoms with Gasteiger partial charge in [0, 0.05) is 30.5 Å². The summed E-state index contributed by atoms with van der Waals surface area (Å²) < 4.78 is 45.3. The van der Waals surface area contributed by atoms with Crippen LogP contribution in [0.15, 0.2) is 41.8 Å².